The Balaban J connectivity index is 0.000000157. The number of carboxylic acids is 1. The van der Waals surface area contributed by atoms with Gasteiger partial charge in [-0.1, -0.05) is 6.07 Å². The fraction of sp³-hybridized carbons (Fsp3) is 0.265. The molecule has 0 spiro atoms. The topological polar surface area (TPSA) is 234 Å². The summed E-state index contributed by atoms with van der Waals surface area (Å²) in [6, 6.07) is 14.8. The number of nitrogen functional groups attached to an aromatic ring is 1. The Labute approximate surface area is 386 Å². The summed E-state index contributed by atoms with van der Waals surface area (Å²) in [6.07, 6.45) is 19.9. The minimum atomic E-state index is -0.885. The predicted molar refractivity (Wildman–Crippen MR) is 254 cm³/mol. The van der Waals surface area contributed by atoms with Crippen LogP contribution in [0.4, 0.5) is 17.3 Å². The molecule has 8 aromatic heterocycles. The van der Waals surface area contributed by atoms with Gasteiger partial charge in [0, 0.05) is 120 Å². The molecule has 0 fully saturated rings. The number of fused-ring (bicyclic) bond motifs is 4. The number of likely N-dealkylation sites (N-methyl/N-ethyl adjacent to an activating group) is 2. The molecule has 3 N–H and O–H groups in total. The molecule has 8 aromatic rings. The first-order valence-electron chi connectivity index (χ1n) is 21.6. The average molecular weight is 900 g/mol. The number of Topliss-reactive ketones (excluding diaryl/α,β-unsaturated/α-hetero) is 1. The van der Waals surface area contributed by atoms with E-state index in [4.69, 9.17) is 30.3 Å². The number of ketones is 1. The van der Waals surface area contributed by atoms with Crippen molar-refractivity contribution in [3.05, 3.63) is 126 Å². The average Bonchev–Trinajstić information content (AvgIpc) is 4.04. The van der Waals surface area contributed by atoms with Crippen LogP contribution >= 0.6 is 0 Å². The van der Waals surface area contributed by atoms with Gasteiger partial charge in [-0.2, -0.15) is 0 Å². The molecular formula is C49H49N13O5. The number of methoxy groups -OCH3 is 2. The van der Waals surface area contributed by atoms with Crippen molar-refractivity contribution in [2.45, 2.75) is 44.9 Å². The van der Waals surface area contributed by atoms with Crippen LogP contribution in [-0.2, 0) is 41.7 Å². The van der Waals surface area contributed by atoms with Gasteiger partial charge in [-0.25, -0.2) is 29.9 Å². The molecule has 0 aromatic carbocycles. The molecule has 18 heteroatoms. The smallest absolute Gasteiger partial charge is 0.323 e. The molecule has 0 unspecified atom stereocenters. The second-order valence-electron chi connectivity index (χ2n) is 16.0. The second kappa shape index (κ2) is 20.7. The van der Waals surface area contributed by atoms with E-state index >= 15 is 0 Å². The second-order valence-corrected chi connectivity index (χ2v) is 16.0. The lowest BCUT2D eigenvalue weighted by atomic mass is 10.1. The zero-order valence-electron chi connectivity index (χ0n) is 37.6. The third-order valence-corrected chi connectivity index (χ3v) is 11.2. The van der Waals surface area contributed by atoms with Crippen molar-refractivity contribution in [2.24, 2.45) is 0 Å². The Morgan fingerprint density at radius 1 is 0.612 bits per heavy atom. The summed E-state index contributed by atoms with van der Waals surface area (Å²) in [5.41, 5.74) is 12.5. The molecule has 0 atom stereocenters. The summed E-state index contributed by atoms with van der Waals surface area (Å²) in [5.74, 6) is 2.92. The van der Waals surface area contributed by atoms with E-state index in [1.54, 1.807) is 81.5 Å². The van der Waals surface area contributed by atoms with Gasteiger partial charge < -0.3 is 30.1 Å². The molecule has 2 aliphatic rings. The number of pyridine rings is 6. The number of rotatable bonds is 12. The Bertz CT molecular complexity index is 3050. The Morgan fingerprint density at radius 3 is 1.61 bits per heavy atom. The number of ether oxygens (including phenoxy) is 2. The molecular weight excluding hydrogens is 851 g/mol. The van der Waals surface area contributed by atoms with Crippen LogP contribution in [0.5, 0.6) is 11.8 Å². The number of aromatic nitrogens is 10. The predicted octanol–water partition coefficient (Wildman–Crippen LogP) is 6.00. The van der Waals surface area contributed by atoms with Crippen molar-refractivity contribution in [3.8, 4) is 34.8 Å². The molecule has 18 nitrogen and oxygen atoms in total. The van der Waals surface area contributed by atoms with Gasteiger partial charge in [-0.3, -0.25) is 29.5 Å². The highest BCUT2D eigenvalue weighted by Crippen LogP contribution is 2.33. The molecule has 0 radical (unpaired) electrons. The van der Waals surface area contributed by atoms with Gasteiger partial charge in [0.2, 0.25) is 11.8 Å². The van der Waals surface area contributed by atoms with Crippen LogP contribution in [0.2, 0.25) is 0 Å². The van der Waals surface area contributed by atoms with Gasteiger partial charge >= 0.3 is 5.97 Å². The summed E-state index contributed by atoms with van der Waals surface area (Å²) < 4.78 is 9.89. The number of aryl methyl sites for hydroxylation is 2. The van der Waals surface area contributed by atoms with E-state index in [1.807, 2.05) is 54.7 Å². The van der Waals surface area contributed by atoms with Gasteiger partial charge in [0.05, 0.1) is 32.6 Å². The van der Waals surface area contributed by atoms with Crippen LogP contribution < -0.4 is 25.0 Å². The molecule has 0 bridgehead atoms. The van der Waals surface area contributed by atoms with Gasteiger partial charge in [0.15, 0.2) is 17.4 Å². The third-order valence-electron chi connectivity index (χ3n) is 11.2. The third kappa shape index (κ3) is 11.0. The van der Waals surface area contributed by atoms with Crippen LogP contribution in [0.3, 0.4) is 0 Å². The van der Waals surface area contributed by atoms with Crippen molar-refractivity contribution in [1.82, 2.24) is 49.8 Å². The van der Waals surface area contributed by atoms with Crippen molar-refractivity contribution in [3.63, 3.8) is 0 Å². The van der Waals surface area contributed by atoms with Crippen LogP contribution in [-0.4, -0.2) is 108 Å². The van der Waals surface area contributed by atoms with E-state index < -0.39 is 5.97 Å². The first-order valence-corrected chi connectivity index (χ1v) is 21.6. The minimum Gasteiger partial charge on any atom is -0.481 e. The van der Waals surface area contributed by atoms with Crippen LogP contribution in [0.1, 0.15) is 40.9 Å². The fourth-order valence-electron chi connectivity index (χ4n) is 7.94. The van der Waals surface area contributed by atoms with Crippen molar-refractivity contribution >= 4 is 50.6 Å². The first kappa shape index (κ1) is 45.3. The minimum absolute atomic E-state index is 0.0891. The zero-order chi connectivity index (χ0) is 46.9. The highest BCUT2D eigenvalue weighted by molar-refractivity contribution is 5.86. The molecule has 0 amide bonds. The molecule has 2 aliphatic carbocycles. The number of carbonyl (C=O) groups is 2. The van der Waals surface area contributed by atoms with E-state index in [0.29, 0.717) is 52.7 Å². The summed E-state index contributed by atoms with van der Waals surface area (Å²) in [6.45, 7) is 0.155. The first-order chi connectivity index (χ1) is 32.5. The van der Waals surface area contributed by atoms with Gasteiger partial charge in [-0.05, 0) is 74.4 Å². The number of carbonyl (C=O) groups excluding carboxylic acids is 1. The normalized spacial score (nSPS) is 12.2. The summed E-state index contributed by atoms with van der Waals surface area (Å²) in [4.78, 5) is 71.9. The summed E-state index contributed by atoms with van der Waals surface area (Å²) in [5, 5.41) is 13.1. The van der Waals surface area contributed by atoms with Crippen molar-refractivity contribution in [1.29, 1.82) is 0 Å². The molecule has 0 saturated carbocycles. The molecule has 8 heterocycles. The molecule has 340 valence electrons. The summed E-state index contributed by atoms with van der Waals surface area (Å²) in [7, 11) is 6.79. The lowest BCUT2D eigenvalue weighted by Gasteiger charge is -2.21. The van der Waals surface area contributed by atoms with Crippen LogP contribution in [0, 0.1) is 0 Å². The van der Waals surface area contributed by atoms with Gasteiger partial charge in [0.1, 0.15) is 29.6 Å². The van der Waals surface area contributed by atoms with E-state index in [2.05, 4.69) is 39.9 Å². The number of aliphatic carboxylic acids is 1. The van der Waals surface area contributed by atoms with Gasteiger partial charge in [0.25, 0.3) is 0 Å². The number of hydrogen-bond acceptors (Lipinski definition) is 17. The quantitative estimate of drug-likeness (QED) is 0.143. The largest absolute Gasteiger partial charge is 0.481 e. The number of carboxylic acid groups (broad SMARTS) is 1. The van der Waals surface area contributed by atoms with Crippen molar-refractivity contribution in [2.75, 3.05) is 56.9 Å². The Hall–Kier alpha value is -8.28. The highest BCUT2D eigenvalue weighted by Gasteiger charge is 2.25. The number of hydrogen-bond donors (Lipinski definition) is 2. The SMILES string of the molecule is CN(CC(=O)O)c1nc(-c2cc3cnccc3cn2)nc2c1CCC2.COc1ccc(CC(=O)CN(C)c2nc(-c3cc4cnccc4cn3)nc3c2CCC3)cn1.COc1ccc(N)cn1. The number of nitrogens with two attached hydrogens (primary N) is 1. The van der Waals surface area contributed by atoms with Crippen LogP contribution in [0.25, 0.3) is 44.6 Å². The molecule has 0 aliphatic heterocycles. The maximum Gasteiger partial charge on any atom is 0.323 e. The monoisotopic (exact) mass is 899 g/mol. The Morgan fingerprint density at radius 2 is 1.13 bits per heavy atom. The lowest BCUT2D eigenvalue weighted by molar-refractivity contribution is -0.135. The van der Waals surface area contributed by atoms with E-state index in [1.165, 1.54) is 0 Å². The zero-order valence-corrected chi connectivity index (χ0v) is 37.6. The summed E-state index contributed by atoms with van der Waals surface area (Å²) >= 11 is 0. The maximum absolute atomic E-state index is 12.8. The number of nitrogens with zero attached hydrogens (tertiary/aromatic N) is 12. The van der Waals surface area contributed by atoms with E-state index in [0.717, 1.165) is 94.0 Å². The Kier molecular flexibility index (Phi) is 14.0. The maximum atomic E-state index is 12.8. The number of anilines is 3. The molecule has 10 rings (SSSR count). The highest BCUT2D eigenvalue weighted by atomic mass is 16.5. The van der Waals surface area contributed by atoms with Crippen LogP contribution in [0.15, 0.2) is 98.1 Å². The van der Waals surface area contributed by atoms with Crippen molar-refractivity contribution < 1.29 is 24.2 Å². The molecule has 0 saturated heterocycles. The standard InChI is InChI=1S/C25H24N6O2.C18H17N5O2.C6H8N2O/c1-31(15-19(32)10-16-6-7-23(33-2)28-12-16)25-20-4-3-5-21(20)29-24(30-25)22-11-18-13-26-9-8-17(18)14-27-22;1-23(10-16(24)25)18-13-3-2-4-14(13)21-17(22-18)15-7-12-8-19-6-5-11(12)9-20-15;1-9-6-3-2-5(7)4-8-6/h6-9,11-14H,3-5,10,15H2,1-2H3;5-9H,2-4,10H2,1H3,(H,24,25);2-4H,7H2,1H3. The fourth-order valence-corrected chi connectivity index (χ4v) is 7.94. The van der Waals surface area contributed by atoms with Gasteiger partial charge in [-0.15, -0.1) is 0 Å². The lowest BCUT2D eigenvalue weighted by Crippen LogP contribution is -2.28. The van der Waals surface area contributed by atoms with E-state index in [9.17, 15) is 9.59 Å². The van der Waals surface area contributed by atoms with E-state index in [-0.39, 0.29) is 18.9 Å². The molecule has 67 heavy (non-hydrogen) atoms.